The second-order valence-electron chi connectivity index (χ2n) is 10.2. The summed E-state index contributed by atoms with van der Waals surface area (Å²) in [5.74, 6) is 0. The van der Waals surface area contributed by atoms with E-state index in [-0.39, 0.29) is 22.7 Å². The van der Waals surface area contributed by atoms with Gasteiger partial charge >= 0.3 is 0 Å². The Labute approximate surface area is 232 Å². The number of thiazole rings is 1. The van der Waals surface area contributed by atoms with E-state index in [4.69, 9.17) is 9.72 Å². The highest BCUT2D eigenvalue weighted by Crippen LogP contribution is 2.30. The van der Waals surface area contributed by atoms with Gasteiger partial charge in [0.05, 0.1) is 32.7 Å². The van der Waals surface area contributed by atoms with Crippen molar-refractivity contribution in [2.24, 2.45) is 0 Å². The van der Waals surface area contributed by atoms with E-state index in [0.29, 0.717) is 19.4 Å². The molecular formula is C27H33N5O5S2. The number of piperazine rings is 1. The molecule has 3 aromatic rings. The minimum atomic E-state index is -3.74. The molecule has 0 atom stereocenters. The number of nitrogens with zero attached hydrogens (tertiary/aromatic N) is 4. The second-order valence-corrected chi connectivity index (χ2v) is 12.9. The van der Waals surface area contributed by atoms with E-state index in [1.807, 2.05) is 0 Å². The highest BCUT2D eigenvalue weighted by molar-refractivity contribution is 7.89. The average molecular weight is 572 g/mol. The van der Waals surface area contributed by atoms with Gasteiger partial charge < -0.3 is 14.5 Å². The van der Waals surface area contributed by atoms with Crippen molar-refractivity contribution in [2.75, 3.05) is 37.7 Å². The number of hydrogen-bond acceptors (Lipinski definition) is 9. The van der Waals surface area contributed by atoms with Crippen LogP contribution in [0.25, 0.3) is 10.2 Å². The number of rotatable bonds is 9. The van der Waals surface area contributed by atoms with Crippen LogP contribution in [-0.2, 0) is 14.8 Å². The van der Waals surface area contributed by atoms with Crippen LogP contribution < -0.4 is 9.62 Å². The summed E-state index contributed by atoms with van der Waals surface area (Å²) in [6, 6.07) is 11.1. The molecule has 1 saturated heterocycles. The second kappa shape index (κ2) is 11.6. The maximum Gasteiger partial charge on any atom is 0.269 e. The summed E-state index contributed by atoms with van der Waals surface area (Å²) in [6.07, 6.45) is 2.92. The number of anilines is 1. The van der Waals surface area contributed by atoms with Gasteiger partial charge in [-0.1, -0.05) is 24.0 Å². The van der Waals surface area contributed by atoms with Gasteiger partial charge in [-0.3, -0.25) is 10.1 Å². The Morgan fingerprint density at radius 3 is 2.49 bits per heavy atom. The number of ether oxygens (including phenoxy) is 1. The number of aromatic nitrogens is 1. The van der Waals surface area contributed by atoms with Crippen molar-refractivity contribution >= 4 is 42.4 Å². The fourth-order valence-corrected chi connectivity index (χ4v) is 7.36. The van der Waals surface area contributed by atoms with Crippen LogP contribution in [0, 0.1) is 17.0 Å². The summed E-state index contributed by atoms with van der Waals surface area (Å²) < 4.78 is 35.5. The minimum absolute atomic E-state index is 0.0288. The first-order valence-corrected chi connectivity index (χ1v) is 15.4. The highest BCUT2D eigenvalue weighted by Gasteiger charge is 2.27. The molecule has 0 unspecified atom stereocenters. The van der Waals surface area contributed by atoms with Gasteiger partial charge in [0, 0.05) is 50.1 Å². The van der Waals surface area contributed by atoms with E-state index in [1.165, 1.54) is 34.5 Å². The zero-order valence-electron chi connectivity index (χ0n) is 21.9. The first kappa shape index (κ1) is 27.5. The van der Waals surface area contributed by atoms with E-state index < -0.39 is 14.9 Å². The Morgan fingerprint density at radius 1 is 1.13 bits per heavy atom. The lowest BCUT2D eigenvalue weighted by Crippen LogP contribution is -2.46. The van der Waals surface area contributed by atoms with Crippen molar-refractivity contribution in [3.63, 3.8) is 0 Å². The third-order valence-corrected chi connectivity index (χ3v) is 10.0. The molecule has 10 nitrogen and oxygen atoms in total. The number of sulfonamides is 1. The Morgan fingerprint density at radius 2 is 1.82 bits per heavy atom. The zero-order valence-corrected chi connectivity index (χ0v) is 23.5. The number of nitrogens with one attached hydrogen (secondary N) is 1. The molecule has 12 heteroatoms. The van der Waals surface area contributed by atoms with Crippen molar-refractivity contribution in [3.05, 3.63) is 70.4 Å². The van der Waals surface area contributed by atoms with Crippen LogP contribution in [0.15, 0.2) is 59.6 Å². The summed E-state index contributed by atoms with van der Waals surface area (Å²) in [6.45, 7) is 10.3. The molecule has 1 aromatic heterocycles. The van der Waals surface area contributed by atoms with Crippen LogP contribution in [0.5, 0.6) is 0 Å². The molecular weight excluding hydrogens is 538 g/mol. The quantitative estimate of drug-likeness (QED) is 0.296. The lowest BCUT2D eigenvalue weighted by Gasteiger charge is -2.37. The first-order chi connectivity index (χ1) is 18.7. The Balaban J connectivity index is 1.04. The van der Waals surface area contributed by atoms with Gasteiger partial charge in [-0.15, -0.1) is 0 Å². The number of nitro benzene ring substituents is 1. The van der Waals surface area contributed by atoms with Crippen molar-refractivity contribution in [2.45, 2.75) is 49.6 Å². The van der Waals surface area contributed by atoms with E-state index in [9.17, 15) is 18.5 Å². The molecule has 0 radical (unpaired) electrons. The van der Waals surface area contributed by atoms with Crippen LogP contribution >= 0.6 is 11.3 Å². The van der Waals surface area contributed by atoms with Crippen LogP contribution in [0.1, 0.15) is 31.2 Å². The van der Waals surface area contributed by atoms with Crippen LogP contribution in [0.4, 0.5) is 10.8 Å². The number of fused-ring (bicyclic) bond motifs is 1. The smallest absolute Gasteiger partial charge is 0.269 e. The molecule has 1 saturated carbocycles. The number of aryl methyl sites for hydroxylation is 1. The Bertz CT molecular complexity index is 1440. The van der Waals surface area contributed by atoms with E-state index in [0.717, 1.165) is 55.4 Å². The molecule has 0 spiro atoms. The predicted molar refractivity (Wildman–Crippen MR) is 153 cm³/mol. The SMILES string of the molecule is C=C(COC1CCC(NS(=O)(=O)c2ccc([N+](=O)[O-])cc2)CC1)N1CCN(c2nc3cc(C)ccc3s2)CC1. The minimum Gasteiger partial charge on any atom is -0.372 e. The fraction of sp³-hybridized carbons (Fsp3) is 0.444. The van der Waals surface area contributed by atoms with Gasteiger partial charge in [-0.25, -0.2) is 18.1 Å². The van der Waals surface area contributed by atoms with Gasteiger partial charge in [-0.05, 0) is 62.4 Å². The molecule has 2 heterocycles. The topological polar surface area (TPSA) is 118 Å². The summed E-state index contributed by atoms with van der Waals surface area (Å²) in [7, 11) is -3.74. The lowest BCUT2D eigenvalue weighted by molar-refractivity contribution is -0.384. The normalized spacial score (nSPS) is 20.3. The van der Waals surface area contributed by atoms with Gasteiger partial charge in [0.25, 0.3) is 5.69 Å². The van der Waals surface area contributed by atoms with Gasteiger partial charge in [0.1, 0.15) is 0 Å². The summed E-state index contributed by atoms with van der Waals surface area (Å²) in [5, 5.41) is 11.9. The molecule has 2 aliphatic rings. The monoisotopic (exact) mass is 571 g/mol. The first-order valence-electron chi connectivity index (χ1n) is 13.1. The largest absolute Gasteiger partial charge is 0.372 e. The van der Waals surface area contributed by atoms with Gasteiger partial charge in [0.15, 0.2) is 5.13 Å². The van der Waals surface area contributed by atoms with Crippen LogP contribution in [0.2, 0.25) is 0 Å². The molecule has 1 aliphatic heterocycles. The standard InChI is InChI=1S/C27H33N5O5S2/c1-19-3-12-26-25(17-19)28-27(38-26)31-15-13-30(14-16-31)20(2)18-37-23-8-4-21(5-9-23)29-39(35,36)24-10-6-22(7-11-24)32(33)34/h3,6-7,10-12,17,21,23,29H,2,4-5,8-9,13-16,18H2,1H3. The Kier molecular flexibility index (Phi) is 8.17. The van der Waals surface area contributed by atoms with E-state index in [2.05, 4.69) is 46.2 Å². The summed E-state index contributed by atoms with van der Waals surface area (Å²) in [5.41, 5.74) is 3.11. The maximum absolute atomic E-state index is 12.7. The average Bonchev–Trinajstić information content (AvgIpc) is 3.36. The molecule has 208 valence electrons. The number of benzene rings is 2. The number of non-ortho nitro benzene ring substituents is 1. The van der Waals surface area contributed by atoms with Crippen molar-refractivity contribution in [1.82, 2.24) is 14.6 Å². The molecule has 0 bridgehead atoms. The van der Waals surface area contributed by atoms with E-state index >= 15 is 0 Å². The lowest BCUT2D eigenvalue weighted by atomic mass is 9.94. The molecule has 5 rings (SSSR count). The molecule has 39 heavy (non-hydrogen) atoms. The third-order valence-electron chi connectivity index (χ3n) is 7.37. The maximum atomic E-state index is 12.7. The van der Waals surface area contributed by atoms with Gasteiger partial charge in [0.2, 0.25) is 10.0 Å². The molecule has 0 amide bonds. The molecule has 1 N–H and O–H groups in total. The van der Waals surface area contributed by atoms with E-state index in [1.54, 1.807) is 11.3 Å². The fourth-order valence-electron chi connectivity index (χ4n) is 5.06. The molecule has 2 aromatic carbocycles. The van der Waals surface area contributed by atoms with Crippen molar-refractivity contribution in [3.8, 4) is 0 Å². The summed E-state index contributed by atoms with van der Waals surface area (Å²) >= 11 is 1.74. The Hall–Kier alpha value is -3.06. The molecule has 2 fully saturated rings. The zero-order chi connectivity index (χ0) is 27.6. The van der Waals surface area contributed by atoms with Crippen molar-refractivity contribution in [1.29, 1.82) is 0 Å². The predicted octanol–water partition coefficient (Wildman–Crippen LogP) is 4.45. The van der Waals surface area contributed by atoms with Gasteiger partial charge in [-0.2, -0.15) is 0 Å². The number of hydrogen-bond donors (Lipinski definition) is 1. The number of nitro groups is 1. The highest BCUT2D eigenvalue weighted by atomic mass is 32.2. The van der Waals surface area contributed by atoms with Crippen molar-refractivity contribution < 1.29 is 18.1 Å². The summed E-state index contributed by atoms with van der Waals surface area (Å²) in [4.78, 5) is 19.7. The third kappa shape index (κ3) is 6.57. The van der Waals surface area contributed by atoms with Crippen LogP contribution in [-0.4, -0.2) is 68.2 Å². The van der Waals surface area contributed by atoms with Crippen LogP contribution in [0.3, 0.4) is 0 Å². The molecule has 1 aliphatic carbocycles.